The molecule has 3 heteroatoms. The lowest BCUT2D eigenvalue weighted by atomic mass is 9.95. The van der Waals surface area contributed by atoms with E-state index in [2.05, 4.69) is 24.1 Å². The van der Waals surface area contributed by atoms with Crippen LogP contribution in [0.1, 0.15) is 33.1 Å². The number of rotatable bonds is 7. The Kier molecular flexibility index (Phi) is 5.26. The van der Waals surface area contributed by atoms with Gasteiger partial charge in [-0.3, -0.25) is 0 Å². The zero-order chi connectivity index (χ0) is 12.1. The average Bonchev–Trinajstić information content (AvgIpc) is 3.15. The predicted molar refractivity (Wildman–Crippen MR) is 71.2 cm³/mol. The van der Waals surface area contributed by atoms with Gasteiger partial charge in [-0.2, -0.15) is 0 Å². The quantitative estimate of drug-likeness (QED) is 0.733. The summed E-state index contributed by atoms with van der Waals surface area (Å²) in [7, 11) is 0. The minimum absolute atomic E-state index is 0.669. The van der Waals surface area contributed by atoms with Gasteiger partial charge in [0.2, 0.25) is 0 Å². The fraction of sp³-hybridized carbons (Fsp3) is 1.00. The smallest absolute Gasteiger partial charge is 0.0521 e. The van der Waals surface area contributed by atoms with E-state index in [1.807, 2.05) is 0 Å². The van der Waals surface area contributed by atoms with E-state index >= 15 is 0 Å². The normalized spacial score (nSPS) is 29.8. The fourth-order valence-corrected chi connectivity index (χ4v) is 2.84. The van der Waals surface area contributed by atoms with E-state index in [4.69, 9.17) is 4.74 Å². The molecule has 0 aromatic heterocycles. The highest BCUT2D eigenvalue weighted by molar-refractivity contribution is 4.84. The highest BCUT2D eigenvalue weighted by Gasteiger charge is 2.29. The molecule has 2 aliphatic rings. The lowest BCUT2D eigenvalue weighted by molar-refractivity contribution is 0.0170. The Morgan fingerprint density at radius 2 is 2.00 bits per heavy atom. The molecule has 1 N–H and O–H groups in total. The third kappa shape index (κ3) is 4.23. The first-order valence-corrected chi connectivity index (χ1v) is 7.37. The Hall–Kier alpha value is -0.120. The number of hydrogen-bond donors (Lipinski definition) is 1. The first-order chi connectivity index (χ1) is 8.33. The van der Waals surface area contributed by atoms with Crippen molar-refractivity contribution in [1.29, 1.82) is 0 Å². The molecule has 0 aromatic carbocycles. The molecule has 0 bridgehead atoms. The zero-order valence-corrected chi connectivity index (χ0v) is 11.5. The second-order valence-corrected chi connectivity index (χ2v) is 5.58. The van der Waals surface area contributed by atoms with E-state index in [9.17, 15) is 0 Å². The van der Waals surface area contributed by atoms with Crippen LogP contribution >= 0.6 is 0 Å². The summed E-state index contributed by atoms with van der Waals surface area (Å²) in [5, 5.41) is 3.63. The van der Waals surface area contributed by atoms with Gasteiger partial charge in [0, 0.05) is 31.7 Å². The minimum atomic E-state index is 0.669. The van der Waals surface area contributed by atoms with Crippen LogP contribution in [0.5, 0.6) is 0 Å². The van der Waals surface area contributed by atoms with Crippen LogP contribution < -0.4 is 5.32 Å². The molecule has 1 aliphatic carbocycles. The van der Waals surface area contributed by atoms with E-state index < -0.39 is 0 Å². The molecule has 0 spiro atoms. The van der Waals surface area contributed by atoms with E-state index in [1.54, 1.807) is 0 Å². The van der Waals surface area contributed by atoms with Gasteiger partial charge >= 0.3 is 0 Å². The van der Waals surface area contributed by atoms with Gasteiger partial charge < -0.3 is 15.0 Å². The monoisotopic (exact) mass is 240 g/mol. The summed E-state index contributed by atoms with van der Waals surface area (Å²) in [6.45, 7) is 11.2. The SMILES string of the molecule is CCNC1CCOCC1CN(CC)CC1CC1. The number of nitrogens with zero attached hydrogens (tertiary/aromatic N) is 1. The minimum Gasteiger partial charge on any atom is -0.381 e. The Labute approximate surface area is 106 Å². The van der Waals surface area contributed by atoms with Crippen LogP contribution in [0.25, 0.3) is 0 Å². The molecule has 1 saturated carbocycles. The maximum atomic E-state index is 5.66. The van der Waals surface area contributed by atoms with Crippen LogP contribution in [0.2, 0.25) is 0 Å². The van der Waals surface area contributed by atoms with Crippen LogP contribution in [0.15, 0.2) is 0 Å². The Morgan fingerprint density at radius 3 is 2.65 bits per heavy atom. The second kappa shape index (κ2) is 6.72. The van der Waals surface area contributed by atoms with Gasteiger partial charge in [-0.25, -0.2) is 0 Å². The summed E-state index contributed by atoms with van der Waals surface area (Å²) in [4.78, 5) is 2.63. The predicted octanol–water partition coefficient (Wildman–Crippen LogP) is 1.73. The molecule has 17 heavy (non-hydrogen) atoms. The van der Waals surface area contributed by atoms with Crippen molar-refractivity contribution < 1.29 is 4.74 Å². The van der Waals surface area contributed by atoms with Gasteiger partial charge in [-0.05, 0) is 38.3 Å². The molecule has 100 valence electrons. The van der Waals surface area contributed by atoms with Crippen LogP contribution in [0.4, 0.5) is 0 Å². The summed E-state index contributed by atoms with van der Waals surface area (Å²) in [6, 6.07) is 0.669. The average molecular weight is 240 g/mol. The molecular formula is C14H28N2O. The van der Waals surface area contributed by atoms with Crippen LogP contribution in [0.3, 0.4) is 0 Å². The molecule has 2 fully saturated rings. The Morgan fingerprint density at radius 1 is 1.18 bits per heavy atom. The standard InChI is InChI=1S/C14H28N2O/c1-3-15-14-7-8-17-11-13(14)10-16(4-2)9-12-5-6-12/h12-15H,3-11H2,1-2H3. The third-order valence-corrected chi connectivity index (χ3v) is 4.09. The summed E-state index contributed by atoms with van der Waals surface area (Å²) in [5.74, 6) is 1.68. The topological polar surface area (TPSA) is 24.5 Å². The van der Waals surface area contributed by atoms with Crippen LogP contribution in [-0.4, -0.2) is 50.3 Å². The molecule has 2 unspecified atom stereocenters. The van der Waals surface area contributed by atoms with Crippen molar-refractivity contribution in [2.75, 3.05) is 39.4 Å². The van der Waals surface area contributed by atoms with Gasteiger partial charge in [0.1, 0.15) is 0 Å². The van der Waals surface area contributed by atoms with Crippen molar-refractivity contribution in [2.24, 2.45) is 11.8 Å². The number of nitrogens with one attached hydrogen (secondary N) is 1. The van der Waals surface area contributed by atoms with Crippen molar-refractivity contribution >= 4 is 0 Å². The molecule has 1 aliphatic heterocycles. The third-order valence-electron chi connectivity index (χ3n) is 4.09. The maximum absolute atomic E-state index is 5.66. The Balaban J connectivity index is 1.79. The summed E-state index contributed by atoms with van der Waals surface area (Å²) < 4.78 is 5.66. The first-order valence-electron chi connectivity index (χ1n) is 7.37. The van der Waals surface area contributed by atoms with Gasteiger partial charge in [0.05, 0.1) is 6.61 Å². The molecule has 0 aromatic rings. The lowest BCUT2D eigenvalue weighted by Crippen LogP contribution is -2.48. The van der Waals surface area contributed by atoms with Crippen molar-refractivity contribution in [3.05, 3.63) is 0 Å². The highest BCUT2D eigenvalue weighted by atomic mass is 16.5. The molecule has 2 atom stereocenters. The van der Waals surface area contributed by atoms with E-state index in [1.165, 1.54) is 38.9 Å². The van der Waals surface area contributed by atoms with Crippen molar-refractivity contribution in [3.8, 4) is 0 Å². The van der Waals surface area contributed by atoms with Crippen molar-refractivity contribution in [2.45, 2.75) is 39.2 Å². The fourth-order valence-electron chi connectivity index (χ4n) is 2.84. The number of ether oxygens (including phenoxy) is 1. The van der Waals surface area contributed by atoms with E-state index in [0.29, 0.717) is 12.0 Å². The lowest BCUT2D eigenvalue weighted by Gasteiger charge is -2.35. The molecule has 2 rings (SSSR count). The Bertz CT molecular complexity index is 216. The molecule has 0 amide bonds. The first kappa shape index (κ1) is 13.3. The summed E-state index contributed by atoms with van der Waals surface area (Å²) >= 11 is 0. The maximum Gasteiger partial charge on any atom is 0.0521 e. The number of hydrogen-bond acceptors (Lipinski definition) is 3. The van der Waals surface area contributed by atoms with E-state index in [-0.39, 0.29) is 0 Å². The van der Waals surface area contributed by atoms with E-state index in [0.717, 1.165) is 25.7 Å². The van der Waals surface area contributed by atoms with Gasteiger partial charge in [0.15, 0.2) is 0 Å². The van der Waals surface area contributed by atoms with Gasteiger partial charge in [0.25, 0.3) is 0 Å². The zero-order valence-electron chi connectivity index (χ0n) is 11.5. The molecule has 3 nitrogen and oxygen atoms in total. The highest BCUT2D eigenvalue weighted by Crippen LogP contribution is 2.30. The van der Waals surface area contributed by atoms with Crippen LogP contribution in [0, 0.1) is 11.8 Å². The molecule has 0 radical (unpaired) electrons. The molecule has 1 saturated heterocycles. The van der Waals surface area contributed by atoms with Crippen molar-refractivity contribution in [1.82, 2.24) is 10.2 Å². The summed E-state index contributed by atoms with van der Waals surface area (Å²) in [6.07, 6.45) is 4.09. The largest absolute Gasteiger partial charge is 0.381 e. The van der Waals surface area contributed by atoms with Gasteiger partial charge in [-0.1, -0.05) is 13.8 Å². The van der Waals surface area contributed by atoms with Crippen molar-refractivity contribution in [3.63, 3.8) is 0 Å². The summed E-state index contributed by atoms with van der Waals surface area (Å²) in [5.41, 5.74) is 0. The van der Waals surface area contributed by atoms with Gasteiger partial charge in [-0.15, -0.1) is 0 Å². The van der Waals surface area contributed by atoms with Crippen LogP contribution in [-0.2, 0) is 4.74 Å². The molecule has 1 heterocycles. The molecular weight excluding hydrogens is 212 g/mol. The second-order valence-electron chi connectivity index (χ2n) is 5.58.